The van der Waals surface area contributed by atoms with Gasteiger partial charge in [-0.05, 0) is 44.4 Å². The highest BCUT2D eigenvalue weighted by atomic mass is 35.5. The molecule has 0 heterocycles. The number of benzene rings is 1. The van der Waals surface area contributed by atoms with E-state index in [1.54, 1.807) is 0 Å². The van der Waals surface area contributed by atoms with Crippen LogP contribution in [0.2, 0.25) is 0 Å². The second kappa shape index (κ2) is 6.76. The average Bonchev–Trinajstić information content (AvgIpc) is 2.77. The molecule has 2 unspecified atom stereocenters. The quantitative estimate of drug-likeness (QED) is 0.884. The molecule has 2 atom stereocenters. The second-order valence-corrected chi connectivity index (χ2v) is 4.87. The van der Waals surface area contributed by atoms with Crippen molar-refractivity contribution in [1.82, 2.24) is 5.32 Å². The van der Waals surface area contributed by atoms with E-state index in [2.05, 4.69) is 5.32 Å². The zero-order valence-electron chi connectivity index (χ0n) is 10.7. The number of hydrogen-bond donors (Lipinski definition) is 2. The molecule has 1 saturated carbocycles. The fraction of sp³-hybridized carbons (Fsp3) is 0.500. The monoisotopic (exact) mass is 268 g/mol. The zero-order chi connectivity index (χ0) is 12.3. The Hall–Kier alpha value is -1.06. The number of rotatable bonds is 3. The Morgan fingerprint density at radius 1 is 1.33 bits per heavy atom. The number of aryl methyl sites for hydroxylation is 1. The first-order valence-corrected chi connectivity index (χ1v) is 6.28. The Morgan fingerprint density at radius 2 is 2.00 bits per heavy atom. The molecule has 3 N–H and O–H groups in total. The number of amides is 1. The molecule has 0 spiro atoms. The van der Waals surface area contributed by atoms with E-state index in [1.807, 2.05) is 31.2 Å². The van der Waals surface area contributed by atoms with E-state index >= 15 is 0 Å². The van der Waals surface area contributed by atoms with Crippen LogP contribution >= 0.6 is 12.4 Å². The minimum Gasteiger partial charge on any atom is -0.349 e. The van der Waals surface area contributed by atoms with Gasteiger partial charge in [-0.3, -0.25) is 4.79 Å². The highest BCUT2D eigenvalue weighted by Crippen LogP contribution is 2.24. The lowest BCUT2D eigenvalue weighted by Crippen LogP contribution is -2.39. The number of halogens is 1. The van der Waals surface area contributed by atoms with Gasteiger partial charge in [0, 0.05) is 11.6 Å². The molecule has 18 heavy (non-hydrogen) atoms. The minimum atomic E-state index is 0. The van der Waals surface area contributed by atoms with Gasteiger partial charge in [0.25, 0.3) is 5.91 Å². The topological polar surface area (TPSA) is 55.1 Å². The third kappa shape index (κ3) is 3.47. The van der Waals surface area contributed by atoms with Crippen molar-refractivity contribution in [2.75, 3.05) is 6.54 Å². The lowest BCUT2D eigenvalue weighted by atomic mass is 10.0. The largest absolute Gasteiger partial charge is 0.349 e. The number of carbonyl (C=O) groups is 1. The molecule has 1 aliphatic rings. The van der Waals surface area contributed by atoms with Crippen LogP contribution in [0.5, 0.6) is 0 Å². The number of nitrogens with two attached hydrogens (primary N) is 1. The van der Waals surface area contributed by atoms with Crippen molar-refractivity contribution in [1.29, 1.82) is 0 Å². The van der Waals surface area contributed by atoms with Crippen LogP contribution in [0.1, 0.15) is 35.2 Å². The number of carbonyl (C=O) groups excluding carboxylic acids is 1. The summed E-state index contributed by atoms with van der Waals surface area (Å²) in [4.78, 5) is 12.0. The summed E-state index contributed by atoms with van der Waals surface area (Å²) in [5, 5.41) is 3.10. The van der Waals surface area contributed by atoms with Crippen LogP contribution in [-0.4, -0.2) is 18.5 Å². The molecule has 0 bridgehead atoms. The van der Waals surface area contributed by atoms with Crippen LogP contribution in [0.25, 0.3) is 0 Å². The molecule has 4 heteroatoms. The van der Waals surface area contributed by atoms with Gasteiger partial charge in [-0.1, -0.05) is 24.1 Å². The van der Waals surface area contributed by atoms with Gasteiger partial charge in [0.1, 0.15) is 0 Å². The highest BCUT2D eigenvalue weighted by molar-refractivity contribution is 5.94. The summed E-state index contributed by atoms with van der Waals surface area (Å²) in [5.41, 5.74) is 7.61. The van der Waals surface area contributed by atoms with Gasteiger partial charge in [0.05, 0.1) is 0 Å². The Balaban J connectivity index is 0.00000162. The molecule has 1 aliphatic carbocycles. The summed E-state index contributed by atoms with van der Waals surface area (Å²) in [7, 11) is 0. The van der Waals surface area contributed by atoms with Crippen LogP contribution in [-0.2, 0) is 0 Å². The predicted octanol–water partition coefficient (Wildman–Crippen LogP) is 2.27. The van der Waals surface area contributed by atoms with Gasteiger partial charge in [0.2, 0.25) is 0 Å². The van der Waals surface area contributed by atoms with Crippen LogP contribution in [0, 0.1) is 12.8 Å². The molecule has 1 aromatic carbocycles. The minimum absolute atomic E-state index is 0. The van der Waals surface area contributed by atoms with Gasteiger partial charge in [-0.15, -0.1) is 12.4 Å². The fourth-order valence-corrected chi connectivity index (χ4v) is 2.47. The predicted molar refractivity (Wildman–Crippen MR) is 76.1 cm³/mol. The Kier molecular flexibility index (Phi) is 5.63. The molecular weight excluding hydrogens is 248 g/mol. The smallest absolute Gasteiger partial charge is 0.251 e. The molecule has 1 amide bonds. The molecular formula is C14H21ClN2O. The van der Waals surface area contributed by atoms with E-state index in [0.29, 0.717) is 12.5 Å². The third-order valence-electron chi connectivity index (χ3n) is 3.59. The Labute approximate surface area is 115 Å². The SMILES string of the molecule is Cc1ccc(C(=O)NC2CCCC2CN)cc1.Cl. The summed E-state index contributed by atoms with van der Waals surface area (Å²) >= 11 is 0. The van der Waals surface area contributed by atoms with Gasteiger partial charge < -0.3 is 11.1 Å². The van der Waals surface area contributed by atoms with Crippen LogP contribution in [0.4, 0.5) is 0 Å². The van der Waals surface area contributed by atoms with Crippen LogP contribution in [0.3, 0.4) is 0 Å². The zero-order valence-corrected chi connectivity index (χ0v) is 11.5. The summed E-state index contributed by atoms with van der Waals surface area (Å²) in [6, 6.07) is 7.93. The molecule has 0 aromatic heterocycles. The standard InChI is InChI=1S/C14H20N2O.ClH/c1-10-5-7-11(8-6-10)14(17)16-13-4-2-3-12(13)9-15;/h5-8,12-13H,2-4,9,15H2,1H3,(H,16,17);1H. The molecule has 1 aromatic rings. The molecule has 0 saturated heterocycles. The first kappa shape index (κ1) is 15.0. The first-order valence-electron chi connectivity index (χ1n) is 6.28. The normalized spacial score (nSPS) is 22.3. The Bertz CT molecular complexity index is 391. The third-order valence-corrected chi connectivity index (χ3v) is 3.59. The van der Waals surface area contributed by atoms with Gasteiger partial charge >= 0.3 is 0 Å². The van der Waals surface area contributed by atoms with Crippen molar-refractivity contribution >= 4 is 18.3 Å². The molecule has 2 rings (SSSR count). The van der Waals surface area contributed by atoms with E-state index < -0.39 is 0 Å². The fourth-order valence-electron chi connectivity index (χ4n) is 2.47. The number of nitrogens with one attached hydrogen (secondary N) is 1. The van der Waals surface area contributed by atoms with Crippen molar-refractivity contribution in [3.8, 4) is 0 Å². The van der Waals surface area contributed by atoms with E-state index in [1.165, 1.54) is 12.0 Å². The van der Waals surface area contributed by atoms with Crippen molar-refractivity contribution in [2.45, 2.75) is 32.2 Å². The summed E-state index contributed by atoms with van der Waals surface area (Å²) in [6.07, 6.45) is 3.36. The van der Waals surface area contributed by atoms with Gasteiger partial charge in [0.15, 0.2) is 0 Å². The average molecular weight is 269 g/mol. The van der Waals surface area contributed by atoms with Crippen molar-refractivity contribution in [3.05, 3.63) is 35.4 Å². The maximum atomic E-state index is 12.0. The summed E-state index contributed by atoms with van der Waals surface area (Å²) in [6.45, 7) is 2.68. The molecule has 0 radical (unpaired) electrons. The van der Waals surface area contributed by atoms with E-state index in [4.69, 9.17) is 5.73 Å². The van der Waals surface area contributed by atoms with Gasteiger partial charge in [-0.2, -0.15) is 0 Å². The lowest BCUT2D eigenvalue weighted by molar-refractivity contribution is 0.0929. The summed E-state index contributed by atoms with van der Waals surface area (Å²) < 4.78 is 0. The van der Waals surface area contributed by atoms with E-state index in [0.717, 1.165) is 18.4 Å². The second-order valence-electron chi connectivity index (χ2n) is 4.87. The maximum Gasteiger partial charge on any atom is 0.251 e. The highest BCUT2D eigenvalue weighted by Gasteiger charge is 2.27. The molecule has 3 nitrogen and oxygen atoms in total. The van der Waals surface area contributed by atoms with E-state index in [-0.39, 0.29) is 24.4 Å². The van der Waals surface area contributed by atoms with E-state index in [9.17, 15) is 4.79 Å². The van der Waals surface area contributed by atoms with Gasteiger partial charge in [-0.25, -0.2) is 0 Å². The Morgan fingerprint density at radius 3 is 2.61 bits per heavy atom. The van der Waals surface area contributed by atoms with Crippen LogP contribution in [0.15, 0.2) is 24.3 Å². The first-order chi connectivity index (χ1) is 8.20. The molecule has 0 aliphatic heterocycles. The van der Waals surface area contributed by atoms with Crippen molar-refractivity contribution in [3.63, 3.8) is 0 Å². The maximum absolute atomic E-state index is 12.0. The van der Waals surface area contributed by atoms with Crippen molar-refractivity contribution < 1.29 is 4.79 Å². The van der Waals surface area contributed by atoms with Crippen molar-refractivity contribution in [2.24, 2.45) is 11.7 Å². The lowest BCUT2D eigenvalue weighted by Gasteiger charge is -2.19. The summed E-state index contributed by atoms with van der Waals surface area (Å²) in [5.74, 6) is 0.472. The molecule has 1 fully saturated rings. The van der Waals surface area contributed by atoms with Crippen LogP contribution < -0.4 is 11.1 Å². The molecule has 100 valence electrons. The number of hydrogen-bond acceptors (Lipinski definition) is 2.